The van der Waals surface area contributed by atoms with Gasteiger partial charge in [0, 0.05) is 18.8 Å². The minimum atomic E-state index is -0.442. The molecule has 0 aromatic heterocycles. The van der Waals surface area contributed by atoms with Gasteiger partial charge in [0.15, 0.2) is 0 Å². The van der Waals surface area contributed by atoms with Crippen molar-refractivity contribution in [2.75, 3.05) is 26.0 Å². The van der Waals surface area contributed by atoms with Crippen molar-refractivity contribution in [1.82, 2.24) is 10.2 Å². The van der Waals surface area contributed by atoms with E-state index in [1.807, 2.05) is 68.4 Å². The first-order chi connectivity index (χ1) is 14.6. The fraction of sp³-hybridized carbons (Fsp3) is 0.417. The lowest BCUT2D eigenvalue weighted by Gasteiger charge is -2.30. The predicted octanol–water partition coefficient (Wildman–Crippen LogP) is 3.91. The number of hydrogen-bond acceptors (Lipinski definition) is 4. The van der Waals surface area contributed by atoms with Gasteiger partial charge in [0.1, 0.15) is 11.8 Å². The first-order valence-corrected chi connectivity index (χ1v) is 11.6. The average molecular weight is 429 g/mol. The molecule has 30 heavy (non-hydrogen) atoms. The molecular weight excluding hydrogens is 396 g/mol. The van der Waals surface area contributed by atoms with Gasteiger partial charge in [0.25, 0.3) is 0 Å². The number of amides is 2. The molecule has 1 unspecified atom stereocenters. The van der Waals surface area contributed by atoms with Crippen molar-refractivity contribution < 1.29 is 14.3 Å². The number of hydrogen-bond donors (Lipinski definition) is 1. The van der Waals surface area contributed by atoms with Gasteiger partial charge in [0.2, 0.25) is 11.8 Å². The number of nitrogens with zero attached hydrogens (tertiary/aromatic N) is 1. The Hall–Kier alpha value is -2.47. The van der Waals surface area contributed by atoms with E-state index in [1.165, 1.54) is 0 Å². The van der Waals surface area contributed by atoms with Crippen LogP contribution in [-0.4, -0.2) is 48.7 Å². The standard InChI is InChI=1S/C24H32N2O3S/c1-4-22(24(28)25-5-2)26(16-15-19-9-7-6-8-10-19)23(27)18-30-17-20-11-13-21(29-3)14-12-20/h6-14,22H,4-5,15-18H2,1-3H3,(H,25,28). The van der Waals surface area contributed by atoms with E-state index in [1.54, 1.807) is 23.8 Å². The van der Waals surface area contributed by atoms with Gasteiger partial charge >= 0.3 is 0 Å². The van der Waals surface area contributed by atoms with Crippen molar-refractivity contribution in [3.05, 3.63) is 65.7 Å². The van der Waals surface area contributed by atoms with E-state index < -0.39 is 6.04 Å². The lowest BCUT2D eigenvalue weighted by Crippen LogP contribution is -2.50. The molecule has 0 spiro atoms. The summed E-state index contributed by atoms with van der Waals surface area (Å²) in [5.74, 6) is 1.82. The number of rotatable bonds is 12. The topological polar surface area (TPSA) is 58.6 Å². The average Bonchev–Trinajstić information content (AvgIpc) is 2.77. The van der Waals surface area contributed by atoms with Crippen molar-refractivity contribution in [3.63, 3.8) is 0 Å². The van der Waals surface area contributed by atoms with E-state index >= 15 is 0 Å². The second kappa shape index (κ2) is 13.0. The van der Waals surface area contributed by atoms with Crippen LogP contribution >= 0.6 is 11.8 Å². The number of thioether (sulfide) groups is 1. The Morgan fingerprint density at radius 2 is 1.73 bits per heavy atom. The van der Waals surface area contributed by atoms with Crippen LogP contribution in [0, 0.1) is 0 Å². The summed E-state index contributed by atoms with van der Waals surface area (Å²) >= 11 is 1.57. The maximum atomic E-state index is 13.1. The third-order valence-electron chi connectivity index (χ3n) is 4.87. The highest BCUT2D eigenvalue weighted by Gasteiger charge is 2.27. The molecule has 162 valence electrons. The second-order valence-corrected chi connectivity index (χ2v) is 7.97. The molecule has 2 amide bonds. The maximum Gasteiger partial charge on any atom is 0.242 e. The summed E-state index contributed by atoms with van der Waals surface area (Å²) in [6.07, 6.45) is 1.32. The van der Waals surface area contributed by atoms with E-state index in [4.69, 9.17) is 4.74 Å². The highest BCUT2D eigenvalue weighted by atomic mass is 32.2. The zero-order chi connectivity index (χ0) is 21.8. The van der Waals surface area contributed by atoms with Crippen LogP contribution in [0.3, 0.4) is 0 Å². The number of ether oxygens (including phenoxy) is 1. The monoisotopic (exact) mass is 428 g/mol. The number of likely N-dealkylation sites (N-methyl/N-ethyl adjacent to an activating group) is 1. The molecule has 0 bridgehead atoms. The Kier molecular flexibility index (Phi) is 10.3. The van der Waals surface area contributed by atoms with Crippen molar-refractivity contribution in [1.29, 1.82) is 0 Å². The second-order valence-electron chi connectivity index (χ2n) is 6.98. The molecule has 0 aliphatic carbocycles. The van der Waals surface area contributed by atoms with Crippen molar-refractivity contribution in [2.45, 2.75) is 38.5 Å². The lowest BCUT2D eigenvalue weighted by molar-refractivity contribution is -0.138. The van der Waals surface area contributed by atoms with Crippen molar-refractivity contribution in [3.8, 4) is 5.75 Å². The molecule has 0 saturated heterocycles. The number of benzene rings is 2. The normalized spacial score (nSPS) is 11.6. The zero-order valence-corrected chi connectivity index (χ0v) is 18.9. The van der Waals surface area contributed by atoms with Crippen LogP contribution in [0.4, 0.5) is 0 Å². The summed E-state index contributed by atoms with van der Waals surface area (Å²) in [4.78, 5) is 27.4. The molecule has 6 heteroatoms. The molecule has 5 nitrogen and oxygen atoms in total. The maximum absolute atomic E-state index is 13.1. The van der Waals surface area contributed by atoms with Gasteiger partial charge < -0.3 is 15.0 Å². The fourth-order valence-corrected chi connectivity index (χ4v) is 4.12. The Bertz CT molecular complexity index is 781. The molecule has 0 aliphatic rings. The van der Waals surface area contributed by atoms with Gasteiger partial charge in [-0.2, -0.15) is 0 Å². The van der Waals surface area contributed by atoms with Gasteiger partial charge in [0.05, 0.1) is 12.9 Å². The molecule has 2 rings (SSSR count). The summed E-state index contributed by atoms with van der Waals surface area (Å²) in [6, 6.07) is 17.5. The third-order valence-corrected chi connectivity index (χ3v) is 5.86. The summed E-state index contributed by atoms with van der Waals surface area (Å²) < 4.78 is 5.18. The van der Waals surface area contributed by atoms with E-state index in [9.17, 15) is 9.59 Å². The minimum absolute atomic E-state index is 0.00236. The molecule has 0 saturated carbocycles. The van der Waals surface area contributed by atoms with Crippen LogP contribution in [0.15, 0.2) is 54.6 Å². The van der Waals surface area contributed by atoms with E-state index in [2.05, 4.69) is 5.32 Å². The predicted molar refractivity (Wildman–Crippen MR) is 124 cm³/mol. The van der Waals surface area contributed by atoms with Crippen molar-refractivity contribution in [2.24, 2.45) is 0 Å². The SMILES string of the molecule is CCNC(=O)C(CC)N(CCc1ccccc1)C(=O)CSCc1ccc(OC)cc1. The van der Waals surface area contributed by atoms with Crippen LogP contribution in [0.25, 0.3) is 0 Å². The first-order valence-electron chi connectivity index (χ1n) is 10.4. The Labute approximate surface area is 184 Å². The molecule has 0 fully saturated rings. The first kappa shape index (κ1) is 23.8. The van der Waals surface area contributed by atoms with Gasteiger partial charge in [-0.15, -0.1) is 11.8 Å². The van der Waals surface area contributed by atoms with Gasteiger partial charge in [-0.25, -0.2) is 0 Å². The van der Waals surface area contributed by atoms with Gasteiger partial charge in [-0.1, -0.05) is 49.4 Å². The molecule has 0 aliphatic heterocycles. The summed E-state index contributed by atoms with van der Waals surface area (Å²) in [7, 11) is 1.64. The number of carbonyl (C=O) groups is 2. The largest absolute Gasteiger partial charge is 0.497 e. The van der Waals surface area contributed by atoms with Crippen LogP contribution in [-0.2, 0) is 21.8 Å². The molecular formula is C24H32N2O3S. The third kappa shape index (κ3) is 7.41. The quantitative estimate of drug-likeness (QED) is 0.557. The smallest absolute Gasteiger partial charge is 0.242 e. The van der Waals surface area contributed by atoms with E-state index in [0.29, 0.717) is 25.3 Å². The molecule has 2 aromatic rings. The fourth-order valence-electron chi connectivity index (χ4n) is 3.25. The van der Waals surface area contributed by atoms with Gasteiger partial charge in [-0.3, -0.25) is 9.59 Å². The van der Waals surface area contributed by atoms with Gasteiger partial charge in [-0.05, 0) is 43.0 Å². The molecule has 0 heterocycles. The van der Waals surface area contributed by atoms with Crippen LogP contribution in [0.2, 0.25) is 0 Å². The molecule has 2 aromatic carbocycles. The lowest BCUT2D eigenvalue weighted by atomic mass is 10.1. The number of nitrogens with one attached hydrogen (secondary N) is 1. The van der Waals surface area contributed by atoms with Crippen LogP contribution < -0.4 is 10.1 Å². The summed E-state index contributed by atoms with van der Waals surface area (Å²) in [6.45, 7) is 4.93. The van der Waals surface area contributed by atoms with Crippen LogP contribution in [0.1, 0.15) is 31.4 Å². The van der Waals surface area contributed by atoms with Crippen molar-refractivity contribution >= 4 is 23.6 Å². The van der Waals surface area contributed by atoms with Crippen LogP contribution in [0.5, 0.6) is 5.75 Å². The summed E-state index contributed by atoms with van der Waals surface area (Å²) in [5, 5.41) is 2.87. The molecule has 1 N–H and O–H groups in total. The Balaban J connectivity index is 2.01. The highest BCUT2D eigenvalue weighted by Crippen LogP contribution is 2.18. The molecule has 0 radical (unpaired) electrons. The van der Waals surface area contributed by atoms with E-state index in [-0.39, 0.29) is 11.8 Å². The Morgan fingerprint density at radius 1 is 1.03 bits per heavy atom. The van der Waals surface area contributed by atoms with E-state index in [0.717, 1.165) is 29.1 Å². The highest BCUT2D eigenvalue weighted by molar-refractivity contribution is 7.99. The minimum Gasteiger partial charge on any atom is -0.497 e. The number of carbonyl (C=O) groups excluding carboxylic acids is 2. The molecule has 1 atom stereocenters. The number of methoxy groups -OCH3 is 1. The Morgan fingerprint density at radius 3 is 2.33 bits per heavy atom. The zero-order valence-electron chi connectivity index (χ0n) is 18.1. The summed E-state index contributed by atoms with van der Waals surface area (Å²) in [5.41, 5.74) is 2.30.